The second kappa shape index (κ2) is 8.33. The number of nitrogens with one attached hydrogen (secondary N) is 1. The number of hydrogen-bond acceptors (Lipinski definition) is 5. The van der Waals surface area contributed by atoms with Gasteiger partial charge in [-0.3, -0.25) is 4.98 Å². The van der Waals surface area contributed by atoms with Gasteiger partial charge >= 0.3 is 0 Å². The standard InChI is InChI=1S/C22H23N5O2S/c1-16(2)17-5-7-19(8-6-17)30(28,29)25-14-15-27-21(18-9-12-23-13-10-18)26-20-4-3-11-24-22(20)27/h3-13,16,25H,14-15H2,1-2H3. The molecule has 1 aromatic carbocycles. The van der Waals surface area contributed by atoms with Crippen molar-refractivity contribution in [2.24, 2.45) is 0 Å². The molecule has 0 unspecified atom stereocenters. The van der Waals surface area contributed by atoms with Crippen molar-refractivity contribution < 1.29 is 8.42 Å². The summed E-state index contributed by atoms with van der Waals surface area (Å²) in [6.45, 7) is 4.76. The summed E-state index contributed by atoms with van der Waals surface area (Å²) in [5.74, 6) is 1.08. The molecule has 3 aromatic heterocycles. The first-order valence-corrected chi connectivity index (χ1v) is 11.3. The molecular weight excluding hydrogens is 398 g/mol. The van der Waals surface area contributed by atoms with Crippen molar-refractivity contribution in [1.82, 2.24) is 24.2 Å². The molecule has 7 nitrogen and oxygen atoms in total. The summed E-state index contributed by atoms with van der Waals surface area (Å²) >= 11 is 0. The molecule has 0 aliphatic carbocycles. The molecule has 3 heterocycles. The van der Waals surface area contributed by atoms with Gasteiger partial charge < -0.3 is 4.57 Å². The number of imidazole rings is 1. The van der Waals surface area contributed by atoms with Crippen LogP contribution in [0.4, 0.5) is 0 Å². The number of rotatable bonds is 7. The largest absolute Gasteiger partial charge is 0.307 e. The van der Waals surface area contributed by atoms with Crippen LogP contribution in [-0.2, 0) is 16.6 Å². The third kappa shape index (κ3) is 4.10. The average molecular weight is 422 g/mol. The van der Waals surface area contributed by atoms with Gasteiger partial charge in [-0.25, -0.2) is 23.1 Å². The molecule has 0 radical (unpaired) electrons. The van der Waals surface area contributed by atoms with Gasteiger partial charge in [0.2, 0.25) is 10.0 Å². The van der Waals surface area contributed by atoms with Gasteiger partial charge in [-0.1, -0.05) is 26.0 Å². The molecule has 1 N–H and O–H groups in total. The maximum atomic E-state index is 12.7. The second-order valence-electron chi connectivity index (χ2n) is 7.29. The van der Waals surface area contributed by atoms with E-state index in [-0.39, 0.29) is 11.4 Å². The zero-order valence-corrected chi connectivity index (χ0v) is 17.7. The molecular formula is C22H23N5O2S. The van der Waals surface area contributed by atoms with Crippen molar-refractivity contribution in [2.45, 2.75) is 31.2 Å². The van der Waals surface area contributed by atoms with Crippen LogP contribution in [0.5, 0.6) is 0 Å². The normalized spacial score (nSPS) is 12.0. The lowest BCUT2D eigenvalue weighted by Gasteiger charge is -2.11. The minimum Gasteiger partial charge on any atom is -0.307 e. The average Bonchev–Trinajstić information content (AvgIpc) is 3.13. The van der Waals surface area contributed by atoms with Gasteiger partial charge in [0.15, 0.2) is 5.65 Å². The van der Waals surface area contributed by atoms with Gasteiger partial charge in [0.25, 0.3) is 0 Å². The van der Waals surface area contributed by atoms with Gasteiger partial charge in [-0.15, -0.1) is 0 Å². The van der Waals surface area contributed by atoms with Crippen LogP contribution in [0.15, 0.2) is 72.0 Å². The number of nitrogens with zero attached hydrogens (tertiary/aromatic N) is 4. The van der Waals surface area contributed by atoms with E-state index >= 15 is 0 Å². The molecule has 0 saturated carbocycles. The third-order valence-corrected chi connectivity index (χ3v) is 6.40. The fourth-order valence-corrected chi connectivity index (χ4v) is 4.32. The number of hydrogen-bond donors (Lipinski definition) is 1. The highest BCUT2D eigenvalue weighted by Gasteiger charge is 2.16. The zero-order chi connectivity index (χ0) is 21.1. The number of benzene rings is 1. The molecule has 8 heteroatoms. The Morgan fingerprint density at radius 2 is 1.73 bits per heavy atom. The summed E-state index contributed by atoms with van der Waals surface area (Å²) < 4.78 is 30.0. The summed E-state index contributed by atoms with van der Waals surface area (Å²) in [4.78, 5) is 13.4. The molecule has 0 saturated heterocycles. The maximum Gasteiger partial charge on any atom is 0.240 e. The van der Waals surface area contributed by atoms with E-state index in [0.717, 1.165) is 22.5 Å². The molecule has 0 fully saturated rings. The van der Waals surface area contributed by atoms with Crippen molar-refractivity contribution in [1.29, 1.82) is 0 Å². The second-order valence-corrected chi connectivity index (χ2v) is 9.06. The topological polar surface area (TPSA) is 89.8 Å². The van der Waals surface area contributed by atoms with E-state index in [2.05, 4.69) is 33.5 Å². The molecule has 0 atom stereocenters. The van der Waals surface area contributed by atoms with E-state index in [4.69, 9.17) is 0 Å². The van der Waals surface area contributed by atoms with E-state index in [0.29, 0.717) is 18.1 Å². The lowest BCUT2D eigenvalue weighted by atomic mass is 10.0. The summed E-state index contributed by atoms with van der Waals surface area (Å²) in [6, 6.07) is 14.5. The molecule has 154 valence electrons. The van der Waals surface area contributed by atoms with Crippen LogP contribution in [0.1, 0.15) is 25.3 Å². The van der Waals surface area contributed by atoms with Gasteiger partial charge in [0.05, 0.1) is 4.90 Å². The van der Waals surface area contributed by atoms with Crippen LogP contribution < -0.4 is 4.72 Å². The molecule has 30 heavy (non-hydrogen) atoms. The smallest absolute Gasteiger partial charge is 0.240 e. The SMILES string of the molecule is CC(C)c1ccc(S(=O)(=O)NCCn2c(-c3ccncc3)nc3cccnc32)cc1. The molecule has 0 aliphatic heterocycles. The Labute approximate surface area is 175 Å². The van der Waals surface area contributed by atoms with Crippen molar-refractivity contribution in [3.63, 3.8) is 0 Å². The lowest BCUT2D eigenvalue weighted by Crippen LogP contribution is -2.27. The highest BCUT2D eigenvalue weighted by molar-refractivity contribution is 7.89. The Kier molecular flexibility index (Phi) is 5.61. The van der Waals surface area contributed by atoms with Gasteiger partial charge in [-0.2, -0.15) is 0 Å². The fraction of sp³-hybridized carbons (Fsp3) is 0.227. The van der Waals surface area contributed by atoms with E-state index in [1.54, 1.807) is 30.7 Å². The Morgan fingerprint density at radius 3 is 2.43 bits per heavy atom. The monoisotopic (exact) mass is 421 g/mol. The number of fused-ring (bicyclic) bond motifs is 1. The van der Waals surface area contributed by atoms with Crippen LogP contribution in [0, 0.1) is 0 Å². The predicted molar refractivity (Wildman–Crippen MR) is 116 cm³/mol. The van der Waals surface area contributed by atoms with Crippen molar-refractivity contribution in [3.05, 3.63) is 72.7 Å². The Morgan fingerprint density at radius 1 is 1.00 bits per heavy atom. The van der Waals surface area contributed by atoms with E-state index in [9.17, 15) is 8.42 Å². The number of aromatic nitrogens is 4. The molecule has 4 aromatic rings. The molecule has 0 spiro atoms. The van der Waals surface area contributed by atoms with Crippen molar-refractivity contribution in [3.8, 4) is 11.4 Å². The van der Waals surface area contributed by atoms with Crippen molar-refractivity contribution in [2.75, 3.05) is 6.54 Å². The quantitative estimate of drug-likeness (QED) is 0.492. The first-order valence-electron chi connectivity index (χ1n) is 9.77. The van der Waals surface area contributed by atoms with E-state index in [1.807, 2.05) is 41.0 Å². The van der Waals surface area contributed by atoms with Crippen LogP contribution in [0.25, 0.3) is 22.6 Å². The van der Waals surface area contributed by atoms with Crippen LogP contribution in [0.2, 0.25) is 0 Å². The molecule has 4 rings (SSSR count). The Balaban J connectivity index is 1.56. The Hall–Kier alpha value is -3.10. The van der Waals surface area contributed by atoms with Crippen molar-refractivity contribution >= 4 is 21.2 Å². The highest BCUT2D eigenvalue weighted by atomic mass is 32.2. The summed E-state index contributed by atoms with van der Waals surface area (Å²) in [5.41, 5.74) is 3.48. The van der Waals surface area contributed by atoms with Gasteiger partial charge in [-0.05, 0) is 47.9 Å². The van der Waals surface area contributed by atoms with Gasteiger partial charge in [0.1, 0.15) is 11.3 Å². The van der Waals surface area contributed by atoms with Crippen LogP contribution >= 0.6 is 0 Å². The van der Waals surface area contributed by atoms with Crippen LogP contribution in [-0.4, -0.2) is 34.5 Å². The summed E-state index contributed by atoms with van der Waals surface area (Å²) in [5, 5.41) is 0. The van der Waals surface area contributed by atoms with E-state index < -0.39 is 10.0 Å². The molecule has 0 amide bonds. The highest BCUT2D eigenvalue weighted by Crippen LogP contribution is 2.23. The minimum atomic E-state index is -3.60. The van der Waals surface area contributed by atoms with E-state index in [1.165, 1.54) is 0 Å². The summed E-state index contributed by atoms with van der Waals surface area (Å²) in [7, 11) is -3.60. The predicted octanol–water partition coefficient (Wildman–Crippen LogP) is 3.60. The van der Waals surface area contributed by atoms with Crippen LogP contribution in [0.3, 0.4) is 0 Å². The first kappa shape index (κ1) is 20.2. The fourth-order valence-electron chi connectivity index (χ4n) is 3.30. The maximum absolute atomic E-state index is 12.7. The lowest BCUT2D eigenvalue weighted by molar-refractivity contribution is 0.574. The summed E-state index contributed by atoms with van der Waals surface area (Å²) in [6.07, 6.45) is 5.11. The number of sulfonamides is 1. The van der Waals surface area contributed by atoms with Gasteiger partial charge in [0, 0.05) is 37.2 Å². The molecule has 0 aliphatic rings. The minimum absolute atomic E-state index is 0.217. The first-order chi connectivity index (χ1) is 14.5. The Bertz CT molecular complexity index is 1250. The zero-order valence-electron chi connectivity index (χ0n) is 16.9. The third-order valence-electron chi connectivity index (χ3n) is 4.93. The number of pyridine rings is 2. The molecule has 0 bridgehead atoms.